The largest absolute Gasteiger partial charge is 0.444 e. The normalized spacial score (nSPS) is 27.6. The third kappa shape index (κ3) is 9.73. The van der Waals surface area contributed by atoms with Crippen LogP contribution in [-0.4, -0.2) is 120 Å². The second-order valence-corrected chi connectivity index (χ2v) is 18.0. The van der Waals surface area contributed by atoms with Crippen LogP contribution >= 0.6 is 0 Å². The maximum Gasteiger partial charge on any atom is 0.410 e. The summed E-state index contributed by atoms with van der Waals surface area (Å²) in [5, 5.41) is 4.34. The predicted molar refractivity (Wildman–Crippen MR) is 189 cm³/mol. The van der Waals surface area contributed by atoms with Gasteiger partial charge >= 0.3 is 18.4 Å². The first-order chi connectivity index (χ1) is 26.1. The number of ether oxygens (including phenoxy) is 2. The van der Waals surface area contributed by atoms with Gasteiger partial charge in [0.15, 0.2) is 0 Å². The van der Waals surface area contributed by atoms with Gasteiger partial charge in [0.2, 0.25) is 21.8 Å². The second kappa shape index (κ2) is 15.5. The summed E-state index contributed by atoms with van der Waals surface area (Å²) in [6.45, 7) is 2.49. The Labute approximate surface area is 321 Å². The van der Waals surface area contributed by atoms with Crippen LogP contribution in [0.1, 0.15) is 70.4 Å². The number of amides is 5. The maximum atomic E-state index is 14.4. The summed E-state index contributed by atoms with van der Waals surface area (Å²) in [5.41, 5.74) is -1.90. The van der Waals surface area contributed by atoms with Gasteiger partial charge in [-0.1, -0.05) is 24.3 Å². The zero-order valence-electron chi connectivity index (χ0n) is 31.2. The number of halogens is 4. The summed E-state index contributed by atoms with van der Waals surface area (Å²) in [4.78, 5) is 72.0. The molecule has 2 saturated carbocycles. The van der Waals surface area contributed by atoms with E-state index in [-0.39, 0.29) is 51.9 Å². The summed E-state index contributed by atoms with van der Waals surface area (Å²) in [6.07, 6.45) is -4.44. The van der Waals surface area contributed by atoms with Crippen molar-refractivity contribution in [3.8, 4) is 0 Å². The van der Waals surface area contributed by atoms with Crippen LogP contribution in [0.3, 0.4) is 0 Å². The third-order valence-electron chi connectivity index (χ3n) is 10.4. The van der Waals surface area contributed by atoms with Crippen molar-refractivity contribution in [3.05, 3.63) is 47.3 Å². The summed E-state index contributed by atoms with van der Waals surface area (Å²) < 4.78 is 94.3. The molecule has 3 aliphatic heterocycles. The molecule has 1 aromatic carbocycles. The number of sulfonamides is 1. The smallest absolute Gasteiger partial charge is 0.410 e. The average Bonchev–Trinajstić information content (AvgIpc) is 3.97. The Hall–Kier alpha value is -4.46. The number of rotatable bonds is 6. The number of nitrogens with one attached hydrogen (secondary N) is 3. The summed E-state index contributed by atoms with van der Waals surface area (Å²) in [7, 11) is -4.06. The van der Waals surface area contributed by atoms with Gasteiger partial charge in [-0.2, -0.15) is 13.2 Å². The molecule has 0 aromatic heterocycles. The minimum absolute atomic E-state index is 0.0395. The Morgan fingerprint density at radius 3 is 2.45 bits per heavy atom. The summed E-state index contributed by atoms with van der Waals surface area (Å²) in [5.74, 6) is -4.01. The Bertz CT molecular complexity index is 1890. The third-order valence-corrected chi connectivity index (χ3v) is 12.2. The fourth-order valence-corrected chi connectivity index (χ4v) is 8.69. The van der Waals surface area contributed by atoms with E-state index in [1.54, 1.807) is 39.0 Å². The van der Waals surface area contributed by atoms with E-state index in [4.69, 9.17) is 9.47 Å². The zero-order valence-corrected chi connectivity index (χ0v) is 32.0. The van der Waals surface area contributed by atoms with Gasteiger partial charge in [0.25, 0.3) is 5.91 Å². The Kier molecular flexibility index (Phi) is 11.4. The number of alkyl carbamates (subject to hydrolysis) is 1. The maximum absolute atomic E-state index is 14.4. The molecule has 1 aromatic rings. The Morgan fingerprint density at radius 1 is 1.05 bits per heavy atom. The van der Waals surface area contributed by atoms with Gasteiger partial charge < -0.3 is 25.0 Å². The first-order valence-electron chi connectivity index (χ1n) is 18.5. The molecular weight excluding hydrogens is 768 g/mol. The lowest BCUT2D eigenvalue weighted by molar-refractivity contribution is -0.147. The van der Waals surface area contributed by atoms with Crippen molar-refractivity contribution in [3.63, 3.8) is 0 Å². The van der Waals surface area contributed by atoms with E-state index in [0.717, 1.165) is 9.80 Å². The van der Waals surface area contributed by atoms with E-state index in [0.29, 0.717) is 24.0 Å². The van der Waals surface area contributed by atoms with E-state index in [1.165, 1.54) is 17.0 Å². The van der Waals surface area contributed by atoms with Crippen LogP contribution in [0.5, 0.6) is 0 Å². The van der Waals surface area contributed by atoms with Gasteiger partial charge in [-0.3, -0.25) is 28.9 Å². The first kappa shape index (κ1) is 41.2. The number of hydrogen-bond acceptors (Lipinski definition) is 10. The quantitative estimate of drug-likeness (QED) is 0.285. The van der Waals surface area contributed by atoms with Crippen LogP contribution in [0.25, 0.3) is 0 Å². The molecule has 1 saturated heterocycles. The number of hydrogen-bond donors (Lipinski definition) is 3. The van der Waals surface area contributed by atoms with Crippen LogP contribution in [0.2, 0.25) is 0 Å². The molecule has 5 atom stereocenters. The molecule has 20 heteroatoms. The van der Waals surface area contributed by atoms with Gasteiger partial charge in [0.1, 0.15) is 35.1 Å². The number of alkyl halides is 3. The predicted octanol–water partition coefficient (Wildman–Crippen LogP) is 2.84. The van der Waals surface area contributed by atoms with Crippen LogP contribution in [-0.2, 0) is 47.0 Å². The van der Waals surface area contributed by atoms with Crippen molar-refractivity contribution in [2.45, 2.75) is 113 Å². The molecule has 6 rings (SSSR count). The van der Waals surface area contributed by atoms with Crippen LogP contribution in [0.4, 0.5) is 27.2 Å². The van der Waals surface area contributed by atoms with Gasteiger partial charge in [-0.25, -0.2) is 22.4 Å². The second-order valence-electron chi connectivity index (χ2n) is 16.0. The molecule has 3 heterocycles. The molecule has 0 bridgehead atoms. The van der Waals surface area contributed by atoms with E-state index in [1.807, 2.05) is 0 Å². The van der Waals surface area contributed by atoms with E-state index < -0.39 is 106 Å². The highest BCUT2D eigenvalue weighted by atomic mass is 32.2. The molecule has 308 valence electrons. The molecule has 2 aliphatic carbocycles. The van der Waals surface area contributed by atoms with Crippen molar-refractivity contribution in [2.24, 2.45) is 5.92 Å². The fourth-order valence-electron chi connectivity index (χ4n) is 7.33. The number of nitrogens with zero attached hydrogens (tertiary/aromatic N) is 3. The molecular formula is C36H46F4N6O9S. The Morgan fingerprint density at radius 2 is 1.79 bits per heavy atom. The number of carbonyl (C=O) groups excluding carboxylic acids is 5. The standard InChI is InChI=1S/C36H46F4N6O9S/c1-34(2,3)55-32(50)41-27-12-14-44(20-36(38,39)40)13-5-4-8-22-16-35(22,31(49)43-56(52,53)24-10-11-24)42-29(47)28-15-23(18-46(28)30(27)48)54-33(51)45-17-21-7-6-9-26(37)25(21)19-45/h4,6-9,22-24,27-28H,5,10-20H2,1-3H3,(H,41,50)(H,42,47)(H,43,49)/t22-,23-,27-,28+,35-/m1/s1. The van der Waals surface area contributed by atoms with Crippen molar-refractivity contribution >= 4 is 39.9 Å². The van der Waals surface area contributed by atoms with Crippen LogP contribution in [0, 0.1) is 11.7 Å². The molecule has 5 aliphatic rings. The highest BCUT2D eigenvalue weighted by Gasteiger charge is 2.62. The van der Waals surface area contributed by atoms with Crippen LogP contribution < -0.4 is 15.4 Å². The molecule has 56 heavy (non-hydrogen) atoms. The number of benzene rings is 1. The van der Waals surface area contributed by atoms with E-state index >= 15 is 0 Å². The molecule has 15 nitrogen and oxygen atoms in total. The minimum atomic E-state index is -4.61. The molecule has 0 spiro atoms. The Balaban J connectivity index is 1.30. The lowest BCUT2D eigenvalue weighted by Crippen LogP contribution is -2.58. The van der Waals surface area contributed by atoms with Crippen molar-refractivity contribution in [1.29, 1.82) is 0 Å². The lowest BCUT2D eigenvalue weighted by Gasteiger charge is -2.31. The highest BCUT2D eigenvalue weighted by Crippen LogP contribution is 2.46. The van der Waals surface area contributed by atoms with Crippen molar-refractivity contribution in [2.75, 3.05) is 26.2 Å². The monoisotopic (exact) mass is 814 g/mol. The molecule has 3 fully saturated rings. The van der Waals surface area contributed by atoms with E-state index in [2.05, 4.69) is 15.4 Å². The summed E-state index contributed by atoms with van der Waals surface area (Å²) >= 11 is 0. The van der Waals surface area contributed by atoms with Crippen LogP contribution in [0.15, 0.2) is 30.4 Å². The van der Waals surface area contributed by atoms with Crippen molar-refractivity contribution < 1.29 is 59.4 Å². The first-order valence-corrected chi connectivity index (χ1v) is 20.0. The molecule has 0 radical (unpaired) electrons. The molecule has 5 amide bonds. The number of fused-ring (bicyclic) bond motifs is 3. The van der Waals surface area contributed by atoms with E-state index in [9.17, 15) is 50.0 Å². The topological polar surface area (TPSA) is 184 Å². The fraction of sp³-hybridized carbons (Fsp3) is 0.639. The minimum Gasteiger partial charge on any atom is -0.444 e. The average molecular weight is 815 g/mol. The SMILES string of the molecule is CC(C)(C)OC(=O)N[C@@H]1CCN(CC(F)(F)F)CCC=C[C@@H]2C[C@@]2(C(=O)NS(=O)(=O)C2CC2)NC(=O)[C@@H]2C[C@@H](OC(=O)N3Cc4cccc(F)c4C3)CN2C1=O. The molecule has 3 N–H and O–H groups in total. The number of carbonyl (C=O) groups is 5. The van der Waals surface area contributed by atoms with Crippen molar-refractivity contribution in [1.82, 2.24) is 30.1 Å². The highest BCUT2D eigenvalue weighted by molar-refractivity contribution is 7.91. The van der Waals surface area contributed by atoms with Gasteiger partial charge in [-0.05, 0) is 64.5 Å². The lowest BCUT2D eigenvalue weighted by atomic mass is 10.1. The zero-order chi connectivity index (χ0) is 40.8. The van der Waals surface area contributed by atoms with Gasteiger partial charge in [0.05, 0.1) is 24.9 Å². The van der Waals surface area contributed by atoms with Gasteiger partial charge in [0, 0.05) is 37.5 Å². The molecule has 0 unspecified atom stereocenters. The summed E-state index contributed by atoms with van der Waals surface area (Å²) in [6, 6.07) is 1.48. The van der Waals surface area contributed by atoms with Gasteiger partial charge in [-0.15, -0.1) is 0 Å².